The summed E-state index contributed by atoms with van der Waals surface area (Å²) in [5.41, 5.74) is 1.44. The van der Waals surface area contributed by atoms with Crippen molar-refractivity contribution in [3.8, 4) is 0 Å². The second-order valence-corrected chi connectivity index (χ2v) is 8.91. The van der Waals surface area contributed by atoms with Crippen LogP contribution in [0, 0.1) is 0 Å². The minimum absolute atomic E-state index is 0.0418. The number of para-hydroxylation sites is 1. The summed E-state index contributed by atoms with van der Waals surface area (Å²) in [4.78, 5) is 29.2. The van der Waals surface area contributed by atoms with Gasteiger partial charge in [-0.2, -0.15) is 5.10 Å². The van der Waals surface area contributed by atoms with Crippen molar-refractivity contribution in [3.05, 3.63) is 36.5 Å². The van der Waals surface area contributed by atoms with Crippen LogP contribution in [0.4, 0.5) is 5.69 Å². The fourth-order valence-electron chi connectivity index (χ4n) is 3.39. The standard InChI is InChI=1S/C18H18N4O4S/c23-16-7-6-15(21-22(16)13-8-10-27(25,26)11-13)18(24)20-14-5-1-3-12-4-2-9-19-17(12)14/h1-5,9,13H,6-8,10-11H2,(H,20,24)/t13-/m1/s1. The third kappa shape index (κ3) is 3.55. The molecule has 2 aliphatic heterocycles. The van der Waals surface area contributed by atoms with Crippen LogP contribution in [-0.4, -0.2) is 53.5 Å². The van der Waals surface area contributed by atoms with Gasteiger partial charge in [0.25, 0.3) is 5.91 Å². The van der Waals surface area contributed by atoms with Crippen molar-refractivity contribution in [3.63, 3.8) is 0 Å². The van der Waals surface area contributed by atoms with Crippen molar-refractivity contribution in [2.75, 3.05) is 16.8 Å². The summed E-state index contributed by atoms with van der Waals surface area (Å²) in [6, 6.07) is 8.70. The van der Waals surface area contributed by atoms with E-state index in [4.69, 9.17) is 0 Å². The van der Waals surface area contributed by atoms with Crippen LogP contribution in [0.1, 0.15) is 19.3 Å². The van der Waals surface area contributed by atoms with Crippen molar-refractivity contribution in [1.29, 1.82) is 0 Å². The largest absolute Gasteiger partial charge is 0.319 e. The second kappa shape index (κ2) is 6.73. The summed E-state index contributed by atoms with van der Waals surface area (Å²) in [5, 5.41) is 9.08. The number of aromatic nitrogens is 1. The Kier molecular flexibility index (Phi) is 4.39. The molecule has 140 valence electrons. The molecule has 1 aromatic heterocycles. The minimum Gasteiger partial charge on any atom is -0.319 e. The molecule has 4 rings (SSSR count). The number of amides is 2. The highest BCUT2D eigenvalue weighted by Crippen LogP contribution is 2.24. The first-order chi connectivity index (χ1) is 12.9. The van der Waals surface area contributed by atoms with Gasteiger partial charge in [-0.3, -0.25) is 14.6 Å². The molecule has 1 aromatic carbocycles. The van der Waals surface area contributed by atoms with Crippen LogP contribution in [0.2, 0.25) is 0 Å². The first kappa shape index (κ1) is 17.6. The molecular weight excluding hydrogens is 368 g/mol. The highest BCUT2D eigenvalue weighted by Gasteiger charge is 2.37. The fraction of sp³-hybridized carbons (Fsp3) is 0.333. The molecule has 0 aliphatic carbocycles. The molecule has 8 nitrogen and oxygen atoms in total. The molecule has 1 fully saturated rings. The SMILES string of the molecule is O=C(Nc1cccc2cccnc12)C1=NN([C@@H]2CCS(=O)(=O)C2)C(=O)CC1. The lowest BCUT2D eigenvalue weighted by Gasteiger charge is -2.27. The van der Waals surface area contributed by atoms with E-state index < -0.39 is 21.8 Å². The van der Waals surface area contributed by atoms with Gasteiger partial charge in [0, 0.05) is 24.4 Å². The van der Waals surface area contributed by atoms with Crippen molar-refractivity contribution in [1.82, 2.24) is 9.99 Å². The molecule has 1 atom stereocenters. The number of carbonyl (C=O) groups is 2. The molecule has 0 saturated carbocycles. The van der Waals surface area contributed by atoms with Crippen LogP contribution in [-0.2, 0) is 19.4 Å². The molecule has 2 aliphatic rings. The number of benzene rings is 1. The van der Waals surface area contributed by atoms with Crippen LogP contribution in [0.3, 0.4) is 0 Å². The molecule has 2 aromatic rings. The van der Waals surface area contributed by atoms with Crippen molar-refractivity contribution < 1.29 is 18.0 Å². The molecule has 0 bridgehead atoms. The maximum Gasteiger partial charge on any atom is 0.271 e. The van der Waals surface area contributed by atoms with Gasteiger partial charge < -0.3 is 5.32 Å². The molecule has 1 saturated heterocycles. The molecule has 27 heavy (non-hydrogen) atoms. The van der Waals surface area contributed by atoms with E-state index in [-0.39, 0.29) is 36.0 Å². The van der Waals surface area contributed by atoms with Crippen LogP contribution in [0.5, 0.6) is 0 Å². The number of sulfone groups is 1. The van der Waals surface area contributed by atoms with Crippen molar-refractivity contribution in [2.45, 2.75) is 25.3 Å². The number of nitrogens with one attached hydrogen (secondary N) is 1. The van der Waals surface area contributed by atoms with Crippen LogP contribution >= 0.6 is 0 Å². The number of hydrogen-bond acceptors (Lipinski definition) is 6. The topological polar surface area (TPSA) is 109 Å². The maximum atomic E-state index is 12.7. The van der Waals surface area contributed by atoms with E-state index >= 15 is 0 Å². The van der Waals surface area contributed by atoms with E-state index in [0.29, 0.717) is 17.6 Å². The Morgan fingerprint density at radius 2 is 2.00 bits per heavy atom. The van der Waals surface area contributed by atoms with Gasteiger partial charge in [0.2, 0.25) is 5.91 Å². The normalized spacial score (nSPS) is 21.9. The first-order valence-electron chi connectivity index (χ1n) is 8.68. The van der Waals surface area contributed by atoms with Gasteiger partial charge in [0.1, 0.15) is 5.71 Å². The molecule has 9 heteroatoms. The highest BCUT2D eigenvalue weighted by molar-refractivity contribution is 7.91. The van der Waals surface area contributed by atoms with Crippen LogP contribution < -0.4 is 5.32 Å². The Morgan fingerprint density at radius 1 is 1.19 bits per heavy atom. The van der Waals surface area contributed by atoms with Crippen LogP contribution in [0.15, 0.2) is 41.6 Å². The fourth-order valence-corrected chi connectivity index (χ4v) is 5.08. The van der Waals surface area contributed by atoms with Gasteiger partial charge in [-0.15, -0.1) is 0 Å². The summed E-state index contributed by atoms with van der Waals surface area (Å²) in [7, 11) is -3.15. The Labute approximate surface area is 156 Å². The van der Waals surface area contributed by atoms with E-state index in [1.165, 1.54) is 5.01 Å². The molecule has 0 unspecified atom stereocenters. The van der Waals surface area contributed by atoms with Gasteiger partial charge in [-0.05, 0) is 18.6 Å². The van der Waals surface area contributed by atoms with Gasteiger partial charge in [-0.25, -0.2) is 13.4 Å². The molecule has 2 amide bonds. The molecule has 3 heterocycles. The molecule has 1 N–H and O–H groups in total. The number of carbonyl (C=O) groups excluding carboxylic acids is 2. The van der Waals surface area contributed by atoms with E-state index in [1.807, 2.05) is 24.3 Å². The predicted molar refractivity (Wildman–Crippen MR) is 101 cm³/mol. The Bertz CT molecular complexity index is 1060. The minimum atomic E-state index is -3.15. The van der Waals surface area contributed by atoms with E-state index in [0.717, 1.165) is 5.39 Å². The summed E-state index contributed by atoms with van der Waals surface area (Å²) in [5.74, 6) is -0.725. The molecule has 0 spiro atoms. The third-order valence-corrected chi connectivity index (χ3v) is 6.51. The number of fused-ring (bicyclic) bond motifs is 1. The van der Waals surface area contributed by atoms with E-state index in [2.05, 4.69) is 15.4 Å². The second-order valence-electron chi connectivity index (χ2n) is 6.68. The summed E-state index contributed by atoms with van der Waals surface area (Å²) >= 11 is 0. The van der Waals surface area contributed by atoms with Crippen LogP contribution in [0.25, 0.3) is 10.9 Å². The molecule has 0 radical (unpaired) electrons. The zero-order valence-electron chi connectivity index (χ0n) is 14.5. The van der Waals surface area contributed by atoms with Gasteiger partial charge >= 0.3 is 0 Å². The lowest BCUT2D eigenvalue weighted by atomic mass is 10.1. The van der Waals surface area contributed by atoms with E-state index in [1.54, 1.807) is 12.3 Å². The maximum absolute atomic E-state index is 12.7. The number of anilines is 1. The Balaban J connectivity index is 1.57. The summed E-state index contributed by atoms with van der Waals surface area (Å²) in [6.45, 7) is 0. The van der Waals surface area contributed by atoms with Crippen molar-refractivity contribution >= 4 is 44.0 Å². The van der Waals surface area contributed by atoms with E-state index in [9.17, 15) is 18.0 Å². The lowest BCUT2D eigenvalue weighted by Crippen LogP contribution is -2.42. The Hall–Kier alpha value is -2.81. The highest BCUT2D eigenvalue weighted by atomic mass is 32.2. The van der Waals surface area contributed by atoms with Gasteiger partial charge in [0.05, 0.1) is 28.8 Å². The number of hydrogen-bond donors (Lipinski definition) is 1. The van der Waals surface area contributed by atoms with Crippen molar-refractivity contribution in [2.24, 2.45) is 5.10 Å². The smallest absolute Gasteiger partial charge is 0.271 e. The van der Waals surface area contributed by atoms with Gasteiger partial charge in [-0.1, -0.05) is 18.2 Å². The lowest BCUT2D eigenvalue weighted by molar-refractivity contribution is -0.133. The summed E-state index contributed by atoms with van der Waals surface area (Å²) in [6.07, 6.45) is 2.35. The average molecular weight is 386 g/mol. The zero-order valence-corrected chi connectivity index (χ0v) is 15.3. The monoisotopic (exact) mass is 386 g/mol. The average Bonchev–Trinajstić information content (AvgIpc) is 3.02. The first-order valence-corrected chi connectivity index (χ1v) is 10.5. The molecular formula is C18H18N4O4S. The number of pyridine rings is 1. The number of nitrogens with zero attached hydrogens (tertiary/aromatic N) is 3. The quantitative estimate of drug-likeness (QED) is 0.856. The Morgan fingerprint density at radius 3 is 2.78 bits per heavy atom. The number of hydrazone groups is 1. The summed E-state index contributed by atoms with van der Waals surface area (Å²) < 4.78 is 23.4. The third-order valence-electron chi connectivity index (χ3n) is 4.76. The zero-order chi connectivity index (χ0) is 19.0. The number of rotatable bonds is 3. The van der Waals surface area contributed by atoms with Gasteiger partial charge in [0.15, 0.2) is 9.84 Å². The predicted octanol–water partition coefficient (Wildman–Crippen LogP) is 1.34.